The summed E-state index contributed by atoms with van der Waals surface area (Å²) in [4.78, 5) is 11.2. The van der Waals surface area contributed by atoms with Crippen LogP contribution in [0.5, 0.6) is 5.75 Å². The Morgan fingerprint density at radius 2 is 2.25 bits per heavy atom. The average Bonchev–Trinajstić information content (AvgIpc) is 2.29. The zero-order valence-corrected chi connectivity index (χ0v) is 9.60. The quantitative estimate of drug-likeness (QED) is 0.771. The Hall–Kier alpha value is -1.55. The molecule has 1 aromatic rings. The number of hydrogen-bond acceptors (Lipinski definition) is 4. The van der Waals surface area contributed by atoms with E-state index >= 15 is 0 Å². The van der Waals surface area contributed by atoms with E-state index in [2.05, 4.69) is 0 Å². The van der Waals surface area contributed by atoms with Crippen molar-refractivity contribution in [3.63, 3.8) is 0 Å². The number of benzene rings is 1. The fraction of sp³-hybridized carbons (Fsp3) is 0.417. The highest BCUT2D eigenvalue weighted by Crippen LogP contribution is 2.19. The van der Waals surface area contributed by atoms with Crippen molar-refractivity contribution in [3.05, 3.63) is 29.8 Å². The first-order valence-corrected chi connectivity index (χ1v) is 5.22. The highest BCUT2D eigenvalue weighted by molar-refractivity contribution is 5.70. The lowest BCUT2D eigenvalue weighted by molar-refractivity contribution is -0.143. The van der Waals surface area contributed by atoms with E-state index in [-0.39, 0.29) is 18.4 Å². The maximum absolute atomic E-state index is 11.2. The van der Waals surface area contributed by atoms with Gasteiger partial charge in [-0.05, 0) is 24.6 Å². The molecule has 16 heavy (non-hydrogen) atoms. The molecule has 0 aromatic heterocycles. The van der Waals surface area contributed by atoms with Gasteiger partial charge in [-0.15, -0.1) is 0 Å². The van der Waals surface area contributed by atoms with E-state index in [0.717, 1.165) is 11.3 Å². The van der Waals surface area contributed by atoms with Gasteiger partial charge in [-0.1, -0.05) is 12.1 Å². The molecule has 0 saturated heterocycles. The normalized spacial score (nSPS) is 11.9. The summed E-state index contributed by atoms with van der Waals surface area (Å²) < 4.78 is 9.93. The van der Waals surface area contributed by atoms with Gasteiger partial charge in [-0.25, -0.2) is 0 Å². The van der Waals surface area contributed by atoms with E-state index in [1.807, 2.05) is 24.3 Å². The molecule has 0 radical (unpaired) electrons. The first kappa shape index (κ1) is 12.5. The molecular weight excluding hydrogens is 206 g/mol. The van der Waals surface area contributed by atoms with Gasteiger partial charge in [0.1, 0.15) is 5.75 Å². The van der Waals surface area contributed by atoms with E-state index < -0.39 is 0 Å². The summed E-state index contributed by atoms with van der Waals surface area (Å²) in [5.74, 6) is 0.453. The van der Waals surface area contributed by atoms with Gasteiger partial charge < -0.3 is 15.2 Å². The van der Waals surface area contributed by atoms with E-state index in [0.29, 0.717) is 6.61 Å². The Balaban J connectivity index is 2.64. The maximum Gasteiger partial charge on any atom is 0.307 e. The second-order valence-electron chi connectivity index (χ2n) is 3.39. The van der Waals surface area contributed by atoms with Gasteiger partial charge in [-0.3, -0.25) is 4.79 Å². The Morgan fingerprint density at radius 1 is 1.50 bits per heavy atom. The molecule has 0 saturated carbocycles. The molecule has 0 aliphatic carbocycles. The van der Waals surface area contributed by atoms with Gasteiger partial charge in [0.25, 0.3) is 0 Å². The lowest BCUT2D eigenvalue weighted by atomic mass is 10.0. The van der Waals surface area contributed by atoms with Gasteiger partial charge in [0.05, 0.1) is 20.1 Å². The van der Waals surface area contributed by atoms with E-state index in [9.17, 15) is 4.79 Å². The number of esters is 1. The molecule has 4 nitrogen and oxygen atoms in total. The molecule has 1 aromatic carbocycles. The third-order valence-corrected chi connectivity index (χ3v) is 2.21. The zero-order chi connectivity index (χ0) is 12.0. The van der Waals surface area contributed by atoms with Crippen LogP contribution in [0.4, 0.5) is 0 Å². The number of ether oxygens (including phenoxy) is 2. The fourth-order valence-corrected chi connectivity index (χ4v) is 1.39. The molecule has 0 amide bonds. The van der Waals surface area contributed by atoms with Gasteiger partial charge in [0.15, 0.2) is 0 Å². The lowest BCUT2D eigenvalue weighted by Gasteiger charge is -2.12. The Morgan fingerprint density at radius 3 is 2.88 bits per heavy atom. The smallest absolute Gasteiger partial charge is 0.307 e. The second kappa shape index (κ2) is 6.12. The monoisotopic (exact) mass is 223 g/mol. The Bertz CT molecular complexity index is 352. The van der Waals surface area contributed by atoms with Crippen molar-refractivity contribution in [3.8, 4) is 5.75 Å². The topological polar surface area (TPSA) is 61.5 Å². The number of carbonyl (C=O) groups excluding carboxylic acids is 1. The van der Waals surface area contributed by atoms with E-state index in [4.69, 9.17) is 15.2 Å². The van der Waals surface area contributed by atoms with E-state index in [1.165, 1.54) is 0 Å². The predicted octanol–water partition coefficient (Wildman–Crippen LogP) is 1.65. The second-order valence-corrected chi connectivity index (χ2v) is 3.39. The summed E-state index contributed by atoms with van der Waals surface area (Å²) in [6.45, 7) is 2.15. The molecule has 0 heterocycles. The minimum absolute atomic E-state index is 0.182. The average molecular weight is 223 g/mol. The first-order valence-electron chi connectivity index (χ1n) is 5.22. The highest BCUT2D eigenvalue weighted by Gasteiger charge is 2.12. The Kier molecular flexibility index (Phi) is 4.79. The van der Waals surface area contributed by atoms with Crippen molar-refractivity contribution >= 4 is 5.97 Å². The van der Waals surface area contributed by atoms with Crippen molar-refractivity contribution in [2.75, 3.05) is 13.7 Å². The van der Waals surface area contributed by atoms with Gasteiger partial charge >= 0.3 is 5.97 Å². The van der Waals surface area contributed by atoms with Crippen LogP contribution in [0.3, 0.4) is 0 Å². The molecule has 4 heteroatoms. The summed E-state index contributed by atoms with van der Waals surface area (Å²) in [5.41, 5.74) is 6.76. The summed E-state index contributed by atoms with van der Waals surface area (Å²) >= 11 is 0. The summed E-state index contributed by atoms with van der Waals surface area (Å²) in [5, 5.41) is 0. The van der Waals surface area contributed by atoms with Gasteiger partial charge in [0, 0.05) is 6.04 Å². The SMILES string of the molecule is CCOC(=O)CC(N)c1cccc(OC)c1. The molecule has 88 valence electrons. The molecular formula is C12H17NO3. The summed E-state index contributed by atoms with van der Waals surface area (Å²) in [7, 11) is 1.59. The van der Waals surface area contributed by atoms with Crippen LogP contribution in [-0.2, 0) is 9.53 Å². The standard InChI is InChI=1S/C12H17NO3/c1-3-16-12(14)8-11(13)9-5-4-6-10(7-9)15-2/h4-7,11H,3,8,13H2,1-2H3. The van der Waals surface area contributed by atoms with Crippen molar-refractivity contribution in [2.45, 2.75) is 19.4 Å². The van der Waals surface area contributed by atoms with Crippen LogP contribution in [0.15, 0.2) is 24.3 Å². The van der Waals surface area contributed by atoms with Crippen molar-refractivity contribution in [1.82, 2.24) is 0 Å². The van der Waals surface area contributed by atoms with Gasteiger partial charge in [0.2, 0.25) is 0 Å². The largest absolute Gasteiger partial charge is 0.497 e. The van der Waals surface area contributed by atoms with E-state index in [1.54, 1.807) is 14.0 Å². The Labute approximate surface area is 95.3 Å². The molecule has 1 rings (SSSR count). The third-order valence-electron chi connectivity index (χ3n) is 2.21. The summed E-state index contributed by atoms with van der Waals surface area (Å²) in [6.07, 6.45) is 0.182. The molecule has 0 aliphatic heterocycles. The first-order chi connectivity index (χ1) is 7.67. The lowest BCUT2D eigenvalue weighted by Crippen LogP contribution is -2.17. The van der Waals surface area contributed by atoms with Crippen LogP contribution >= 0.6 is 0 Å². The molecule has 2 N–H and O–H groups in total. The number of rotatable bonds is 5. The molecule has 0 spiro atoms. The fourth-order valence-electron chi connectivity index (χ4n) is 1.39. The van der Waals surface area contributed by atoms with Crippen LogP contribution in [0, 0.1) is 0 Å². The third kappa shape index (κ3) is 3.55. The van der Waals surface area contributed by atoms with Crippen molar-refractivity contribution in [2.24, 2.45) is 5.73 Å². The van der Waals surface area contributed by atoms with Crippen LogP contribution < -0.4 is 10.5 Å². The van der Waals surface area contributed by atoms with Gasteiger partial charge in [-0.2, -0.15) is 0 Å². The molecule has 0 fully saturated rings. The van der Waals surface area contributed by atoms with Crippen molar-refractivity contribution < 1.29 is 14.3 Å². The molecule has 0 bridgehead atoms. The number of methoxy groups -OCH3 is 1. The highest BCUT2D eigenvalue weighted by atomic mass is 16.5. The molecule has 0 aliphatic rings. The maximum atomic E-state index is 11.2. The van der Waals surface area contributed by atoms with Crippen LogP contribution in [0.1, 0.15) is 24.9 Å². The minimum Gasteiger partial charge on any atom is -0.497 e. The van der Waals surface area contributed by atoms with Crippen LogP contribution in [0.25, 0.3) is 0 Å². The number of nitrogens with two attached hydrogens (primary N) is 1. The minimum atomic E-state index is -0.353. The zero-order valence-electron chi connectivity index (χ0n) is 9.60. The summed E-state index contributed by atoms with van der Waals surface area (Å²) in [6, 6.07) is 7.02. The predicted molar refractivity (Wildman–Crippen MR) is 61.2 cm³/mol. The molecule has 1 atom stereocenters. The van der Waals surface area contributed by atoms with Crippen LogP contribution in [0.2, 0.25) is 0 Å². The number of carbonyl (C=O) groups is 1. The van der Waals surface area contributed by atoms with Crippen LogP contribution in [-0.4, -0.2) is 19.7 Å². The molecule has 1 unspecified atom stereocenters. The number of hydrogen-bond donors (Lipinski definition) is 1. The van der Waals surface area contributed by atoms with Crippen molar-refractivity contribution in [1.29, 1.82) is 0 Å².